The summed E-state index contributed by atoms with van der Waals surface area (Å²) in [6.45, 7) is -0.284. The molecule has 2 fully saturated rings. The van der Waals surface area contributed by atoms with Gasteiger partial charge in [-0.1, -0.05) is 6.07 Å². The number of carbonyl (C=O) groups is 1. The number of halogens is 3. The topological polar surface area (TPSA) is 79.4 Å². The Balaban J connectivity index is 1.46. The summed E-state index contributed by atoms with van der Waals surface area (Å²) in [5.74, 6) is 0.194. The van der Waals surface area contributed by atoms with Crippen LogP contribution in [0.5, 0.6) is 11.5 Å². The minimum absolute atomic E-state index is 0.205. The van der Waals surface area contributed by atoms with Gasteiger partial charge in [0.1, 0.15) is 18.3 Å². The first-order valence-electron chi connectivity index (χ1n) is 11.1. The lowest BCUT2D eigenvalue weighted by Crippen LogP contribution is -2.53. The summed E-state index contributed by atoms with van der Waals surface area (Å²) in [6.07, 6.45) is -2.93. The second-order valence-electron chi connectivity index (χ2n) is 8.72. The van der Waals surface area contributed by atoms with E-state index < -0.39 is 30.3 Å². The first-order chi connectivity index (χ1) is 16.5. The number of hydrogen-bond acceptors (Lipinski definition) is 7. The van der Waals surface area contributed by atoms with Crippen molar-refractivity contribution in [2.45, 2.75) is 30.1 Å². The van der Waals surface area contributed by atoms with E-state index in [1.807, 2.05) is 33.9 Å². The van der Waals surface area contributed by atoms with Crippen molar-refractivity contribution >= 4 is 21.6 Å². The molecule has 0 saturated carbocycles. The molecule has 0 radical (unpaired) electrons. The molecule has 2 aliphatic rings. The molecule has 0 bridgehead atoms. The molecule has 1 unspecified atom stereocenters. The van der Waals surface area contributed by atoms with Crippen LogP contribution in [-0.2, 0) is 19.8 Å². The summed E-state index contributed by atoms with van der Waals surface area (Å²) in [7, 11) is 5.06. The number of aromatic nitrogens is 1. The lowest BCUT2D eigenvalue weighted by atomic mass is 9.76. The number of amides is 1. The zero-order chi connectivity index (χ0) is 25.3. The molecule has 3 heterocycles. The van der Waals surface area contributed by atoms with E-state index in [-0.39, 0.29) is 24.0 Å². The van der Waals surface area contributed by atoms with Crippen LogP contribution in [0.1, 0.15) is 22.5 Å². The maximum Gasteiger partial charge on any atom is 0.522 e. The van der Waals surface area contributed by atoms with Gasteiger partial charge in [-0.05, 0) is 30.3 Å². The summed E-state index contributed by atoms with van der Waals surface area (Å²) in [6, 6.07) is 10.2. The van der Waals surface area contributed by atoms with Crippen LogP contribution in [0.3, 0.4) is 0 Å². The second kappa shape index (κ2) is 9.71. The lowest BCUT2D eigenvalue weighted by molar-refractivity contribution is -0.325. The molecular weight excluding hydrogens is 467 g/mol. The monoisotopic (exact) mass is 492 g/mol. The van der Waals surface area contributed by atoms with E-state index in [9.17, 15) is 18.0 Å². The zero-order valence-electron chi connectivity index (χ0n) is 19.6. The van der Waals surface area contributed by atoms with Gasteiger partial charge in [-0.2, -0.15) is 0 Å². The first kappa shape index (κ1) is 25.3. The minimum Gasteiger partial charge on any atom is -0.493 e. The van der Waals surface area contributed by atoms with Crippen LogP contribution in [0.2, 0.25) is 0 Å². The van der Waals surface area contributed by atoms with E-state index in [1.165, 1.54) is 19.2 Å². The molecule has 2 saturated heterocycles. The predicted octanol–water partition coefficient (Wildman–Crippen LogP) is 1.04. The number of carbonyl (C=O) groups excluding carboxylic acids is 1. The molecule has 186 valence electrons. The molecule has 35 heavy (non-hydrogen) atoms. The third-order valence-electron chi connectivity index (χ3n) is 5.92. The smallest absolute Gasteiger partial charge is 0.493 e. The molecule has 0 spiro atoms. The van der Waals surface area contributed by atoms with Crippen molar-refractivity contribution in [1.82, 2.24) is 9.88 Å². The summed E-state index contributed by atoms with van der Waals surface area (Å²) >= 11 is 0. The highest BCUT2D eigenvalue weighted by atomic mass is 19.4. The van der Waals surface area contributed by atoms with Gasteiger partial charge in [-0.3, -0.25) is 14.5 Å². The Morgan fingerprint density at radius 1 is 1.23 bits per heavy atom. The van der Waals surface area contributed by atoms with Gasteiger partial charge in [0.25, 0.3) is 5.91 Å². The fraction of sp³-hybridized carbons (Fsp3) is 0.455. The molecule has 0 N–H and O–H groups in total. The summed E-state index contributed by atoms with van der Waals surface area (Å²) in [4.78, 5) is 19.5. The Morgan fingerprint density at radius 2 is 2.03 bits per heavy atom. The van der Waals surface area contributed by atoms with Gasteiger partial charge in [-0.15, -0.1) is 13.2 Å². The average Bonchev–Trinajstić information content (AvgIpc) is 3.11. The first-order valence-corrected chi connectivity index (χ1v) is 11.1. The number of pyridine rings is 1. The Labute approximate surface area is 202 Å². The van der Waals surface area contributed by atoms with Crippen molar-refractivity contribution in [3.05, 3.63) is 53.9 Å². The molecule has 2 aromatic rings. The fourth-order valence-electron chi connectivity index (χ4n) is 4.51. The van der Waals surface area contributed by atoms with Crippen LogP contribution in [0, 0.1) is 0 Å². The highest BCUT2D eigenvalue weighted by molar-refractivity contribution is 6.38. The average molecular weight is 492 g/mol. The van der Waals surface area contributed by atoms with Gasteiger partial charge in [-0.25, -0.2) is 0 Å². The number of methoxy groups -OCH3 is 1. The molecule has 2 atom stereocenters. The molecule has 8 nitrogen and oxygen atoms in total. The Hall–Kier alpha value is -2.76. The van der Waals surface area contributed by atoms with Gasteiger partial charge in [0.15, 0.2) is 27.2 Å². The van der Waals surface area contributed by atoms with Crippen LogP contribution in [-0.4, -0.2) is 82.9 Å². The Morgan fingerprint density at radius 3 is 2.71 bits per heavy atom. The summed E-state index contributed by atoms with van der Waals surface area (Å²) in [5, 5.41) is 0. The zero-order valence-corrected chi connectivity index (χ0v) is 19.6. The standard InChI is InChI=1S/C22H25B2F3N2O6/c1-31-16-12-14(5-6-15(16)32-10-11-33-22(25,26)27)19(30)29-9-7-20(17-4-2-3-8-28-17)18(13-29)34-21(23,24)35-20/h2-6,8,12,18H,7,9-11,13,23-24H2,1H3/t18?,20-/m1/s1. The molecule has 13 heteroatoms. The van der Waals surface area contributed by atoms with Crippen molar-refractivity contribution < 1.29 is 41.7 Å². The van der Waals surface area contributed by atoms with E-state index >= 15 is 0 Å². The van der Waals surface area contributed by atoms with Crippen molar-refractivity contribution in [3.63, 3.8) is 0 Å². The fourth-order valence-corrected chi connectivity index (χ4v) is 4.51. The molecule has 1 aromatic carbocycles. The number of rotatable bonds is 7. The third kappa shape index (κ3) is 5.57. The van der Waals surface area contributed by atoms with Crippen molar-refractivity contribution in [2.75, 3.05) is 33.4 Å². The van der Waals surface area contributed by atoms with Gasteiger partial charge in [0.2, 0.25) is 0 Å². The van der Waals surface area contributed by atoms with Gasteiger partial charge < -0.3 is 23.8 Å². The lowest BCUT2D eigenvalue weighted by Gasteiger charge is -2.41. The molecule has 1 amide bonds. The number of nitrogens with zero attached hydrogens (tertiary/aromatic N) is 2. The Bertz CT molecular complexity index is 1060. The van der Waals surface area contributed by atoms with E-state index in [0.717, 1.165) is 5.69 Å². The number of likely N-dealkylation sites (tertiary alicyclic amines) is 1. The highest BCUT2D eigenvalue weighted by Crippen LogP contribution is 2.46. The van der Waals surface area contributed by atoms with Crippen molar-refractivity contribution in [3.8, 4) is 11.5 Å². The van der Waals surface area contributed by atoms with Gasteiger partial charge >= 0.3 is 6.36 Å². The summed E-state index contributed by atoms with van der Waals surface area (Å²) in [5.41, 5.74) is -0.473. The van der Waals surface area contributed by atoms with Crippen LogP contribution in [0.25, 0.3) is 0 Å². The van der Waals surface area contributed by atoms with Gasteiger partial charge in [0.05, 0.1) is 31.5 Å². The minimum atomic E-state index is -4.73. The predicted molar refractivity (Wildman–Crippen MR) is 123 cm³/mol. The van der Waals surface area contributed by atoms with E-state index in [2.05, 4.69) is 9.72 Å². The van der Waals surface area contributed by atoms with Gasteiger partial charge in [0, 0.05) is 24.7 Å². The number of piperidine rings is 1. The van der Waals surface area contributed by atoms with E-state index in [4.69, 9.17) is 18.9 Å². The number of alkyl halides is 3. The maximum absolute atomic E-state index is 13.3. The molecule has 1 aromatic heterocycles. The molecule has 4 rings (SSSR count). The second-order valence-corrected chi connectivity index (χ2v) is 8.72. The highest BCUT2D eigenvalue weighted by Gasteiger charge is 2.57. The number of ether oxygens (including phenoxy) is 5. The van der Waals surface area contributed by atoms with E-state index in [1.54, 1.807) is 17.2 Å². The van der Waals surface area contributed by atoms with Crippen LogP contribution in [0.15, 0.2) is 42.6 Å². The SMILES string of the molecule is BC1(B)OC2CN(C(=O)c3ccc(OCCOC(F)(F)F)c(OC)c3)CC[C@]2(c2ccccn2)O1. The quantitative estimate of drug-likeness (QED) is 0.423. The number of benzene rings is 1. The van der Waals surface area contributed by atoms with E-state index in [0.29, 0.717) is 25.1 Å². The number of hydrogen-bond donors (Lipinski definition) is 0. The normalized spacial score (nSPS) is 23.5. The molecular formula is C22H25B2F3N2O6. The van der Waals surface area contributed by atoms with Crippen LogP contribution >= 0.6 is 0 Å². The third-order valence-corrected chi connectivity index (χ3v) is 5.92. The van der Waals surface area contributed by atoms with Crippen LogP contribution in [0.4, 0.5) is 13.2 Å². The van der Waals surface area contributed by atoms with Crippen LogP contribution < -0.4 is 9.47 Å². The molecule has 2 aliphatic heterocycles. The number of fused-ring (bicyclic) bond motifs is 1. The Kier molecular flexibility index (Phi) is 7.03. The largest absolute Gasteiger partial charge is 0.522 e. The molecule has 0 aliphatic carbocycles. The van der Waals surface area contributed by atoms with Crippen molar-refractivity contribution in [2.24, 2.45) is 0 Å². The maximum atomic E-state index is 13.3. The van der Waals surface area contributed by atoms with Crippen molar-refractivity contribution in [1.29, 1.82) is 0 Å². The summed E-state index contributed by atoms with van der Waals surface area (Å²) < 4.78 is 63.2.